The fourth-order valence-corrected chi connectivity index (χ4v) is 6.08. The SMILES string of the molecule is CC.COC1(CCCCN(C(F)(F)F)C(F)(F)F)c2ccccc2-c2ccccc2C1(CCCCN(C(F)(F)F)C(F)(F)F)OC. The predicted molar refractivity (Wildman–Crippen MR) is 146 cm³/mol. The van der Waals surface area contributed by atoms with E-state index in [4.69, 9.17) is 9.47 Å². The summed E-state index contributed by atoms with van der Waals surface area (Å²) >= 11 is 0. The van der Waals surface area contributed by atoms with Crippen LogP contribution in [0.3, 0.4) is 0 Å². The van der Waals surface area contributed by atoms with Crippen molar-refractivity contribution in [2.45, 2.75) is 88.8 Å². The Kier molecular flexibility index (Phi) is 13.0. The molecule has 0 heterocycles. The summed E-state index contributed by atoms with van der Waals surface area (Å²) in [4.78, 5) is -3.08. The molecule has 46 heavy (non-hydrogen) atoms. The zero-order chi connectivity index (χ0) is 35.2. The van der Waals surface area contributed by atoms with Crippen molar-refractivity contribution in [3.8, 4) is 11.1 Å². The Labute approximate surface area is 259 Å². The summed E-state index contributed by atoms with van der Waals surface area (Å²) in [6.07, 6.45) is -24.7. The zero-order valence-electron chi connectivity index (χ0n) is 25.5. The van der Waals surface area contributed by atoms with E-state index in [-0.39, 0.29) is 25.7 Å². The molecule has 0 saturated carbocycles. The Morgan fingerprint density at radius 2 is 0.783 bits per heavy atom. The van der Waals surface area contributed by atoms with Crippen molar-refractivity contribution in [1.82, 2.24) is 9.80 Å². The third-order valence-electron chi connectivity index (χ3n) is 7.91. The molecule has 2 atom stereocenters. The van der Waals surface area contributed by atoms with Crippen LogP contribution in [0.4, 0.5) is 52.7 Å². The predicted octanol–water partition coefficient (Wildman–Crippen LogP) is 10.1. The molecule has 4 nitrogen and oxygen atoms in total. The molecule has 0 N–H and O–H groups in total. The topological polar surface area (TPSA) is 24.9 Å². The molecule has 0 bridgehead atoms. The molecule has 1 aliphatic rings. The van der Waals surface area contributed by atoms with Gasteiger partial charge in [-0.05, 0) is 60.8 Å². The summed E-state index contributed by atoms with van der Waals surface area (Å²) in [5.41, 5.74) is -1.04. The van der Waals surface area contributed by atoms with Crippen LogP contribution in [0.5, 0.6) is 0 Å². The maximum absolute atomic E-state index is 13.1. The van der Waals surface area contributed by atoms with Gasteiger partial charge in [0.25, 0.3) is 0 Å². The summed E-state index contributed by atoms with van der Waals surface area (Å²) in [5.74, 6) is 0. The van der Waals surface area contributed by atoms with Crippen LogP contribution in [-0.2, 0) is 20.7 Å². The minimum Gasteiger partial charge on any atom is -0.370 e. The van der Waals surface area contributed by atoms with E-state index in [1.807, 2.05) is 13.8 Å². The number of rotatable bonds is 12. The second-order valence-electron chi connectivity index (χ2n) is 10.2. The molecule has 0 fully saturated rings. The first-order chi connectivity index (χ1) is 21.3. The van der Waals surface area contributed by atoms with E-state index in [1.165, 1.54) is 14.2 Å². The van der Waals surface area contributed by atoms with Gasteiger partial charge in [0.2, 0.25) is 0 Å². The molecule has 0 spiro atoms. The second kappa shape index (κ2) is 15.1. The third kappa shape index (κ3) is 8.29. The number of unbranched alkanes of at least 4 members (excludes halogenated alkanes) is 2. The van der Waals surface area contributed by atoms with E-state index in [2.05, 4.69) is 0 Å². The highest BCUT2D eigenvalue weighted by molar-refractivity contribution is 5.76. The lowest BCUT2D eigenvalue weighted by Gasteiger charge is -2.53. The first-order valence-electron chi connectivity index (χ1n) is 14.4. The smallest absolute Gasteiger partial charge is 0.370 e. The Bertz CT molecular complexity index is 1120. The van der Waals surface area contributed by atoms with Crippen LogP contribution in [0.15, 0.2) is 48.5 Å². The Morgan fingerprint density at radius 1 is 0.500 bits per heavy atom. The fraction of sp³-hybridized carbons (Fsp3) is 0.600. The van der Waals surface area contributed by atoms with E-state index in [0.29, 0.717) is 22.3 Å². The van der Waals surface area contributed by atoms with Crippen LogP contribution in [0, 0.1) is 0 Å². The number of alkyl halides is 12. The van der Waals surface area contributed by atoms with Crippen LogP contribution in [0.1, 0.15) is 63.5 Å². The zero-order valence-corrected chi connectivity index (χ0v) is 25.5. The third-order valence-corrected chi connectivity index (χ3v) is 7.91. The average molecular weight is 685 g/mol. The molecule has 2 aromatic rings. The Morgan fingerprint density at radius 3 is 1.04 bits per heavy atom. The molecule has 16 heteroatoms. The molecule has 0 saturated heterocycles. The summed E-state index contributed by atoms with van der Waals surface area (Å²) < 4.78 is 169. The van der Waals surface area contributed by atoms with E-state index in [1.54, 1.807) is 48.5 Å². The molecule has 2 aromatic carbocycles. The van der Waals surface area contributed by atoms with Gasteiger partial charge < -0.3 is 9.47 Å². The lowest BCUT2D eigenvalue weighted by molar-refractivity contribution is -0.374. The molecule has 3 rings (SSSR count). The van der Waals surface area contributed by atoms with E-state index < -0.39 is 72.1 Å². The van der Waals surface area contributed by atoms with Gasteiger partial charge in [-0.3, -0.25) is 0 Å². The monoisotopic (exact) mass is 684 g/mol. The van der Waals surface area contributed by atoms with Crippen LogP contribution in [-0.4, -0.2) is 62.3 Å². The van der Waals surface area contributed by atoms with Crippen molar-refractivity contribution in [2.75, 3.05) is 27.3 Å². The standard InChI is InChI=1S/C28H30F12N2O2.C2H6/c1-43-23(15-7-9-17-41(25(29,30)31)26(32,33)34)21-13-5-3-11-19(21)20-12-4-6-14-22(20)24(23,44-2)16-8-10-18-42(27(35,36)37)28(38,39)40;1-2/h3-6,11-14H,7-10,15-18H2,1-2H3;1-2H3. The second-order valence-corrected chi connectivity index (χ2v) is 10.2. The molecular weight excluding hydrogens is 648 g/mol. The minimum absolute atomic E-state index is 0.191. The minimum atomic E-state index is -5.68. The maximum atomic E-state index is 13.1. The molecule has 0 amide bonds. The number of ether oxygens (including phenoxy) is 2. The summed E-state index contributed by atoms with van der Waals surface area (Å²) in [5, 5.41) is 0. The first kappa shape index (κ1) is 39.6. The first-order valence-corrected chi connectivity index (χ1v) is 14.4. The fourth-order valence-electron chi connectivity index (χ4n) is 6.08. The average Bonchev–Trinajstić information content (AvgIpc) is 2.96. The molecule has 0 aliphatic heterocycles. The van der Waals surface area contributed by atoms with Gasteiger partial charge in [-0.25, -0.2) is 0 Å². The lowest BCUT2D eigenvalue weighted by atomic mass is 9.61. The van der Waals surface area contributed by atoms with Crippen molar-refractivity contribution in [2.24, 2.45) is 0 Å². The van der Waals surface area contributed by atoms with E-state index in [0.717, 1.165) is 0 Å². The highest BCUT2D eigenvalue weighted by Crippen LogP contribution is 2.59. The van der Waals surface area contributed by atoms with Gasteiger partial charge in [0, 0.05) is 27.3 Å². The molecule has 2 unspecified atom stereocenters. The van der Waals surface area contributed by atoms with Gasteiger partial charge in [0.05, 0.1) is 0 Å². The van der Waals surface area contributed by atoms with Crippen molar-refractivity contribution < 1.29 is 62.2 Å². The molecule has 0 aromatic heterocycles. The molecule has 0 radical (unpaired) electrons. The molecular formula is C30H36F12N2O2. The van der Waals surface area contributed by atoms with Crippen LogP contribution in [0.25, 0.3) is 11.1 Å². The van der Waals surface area contributed by atoms with Crippen LogP contribution < -0.4 is 0 Å². The summed E-state index contributed by atoms with van der Waals surface area (Å²) in [6.45, 7) is 1.19. The van der Waals surface area contributed by atoms with Crippen LogP contribution >= 0.6 is 0 Å². The number of methoxy groups -OCH3 is 2. The summed E-state index contributed by atoms with van der Waals surface area (Å²) in [7, 11) is 2.51. The summed E-state index contributed by atoms with van der Waals surface area (Å²) in [6, 6.07) is 13.4. The number of benzene rings is 2. The quantitative estimate of drug-likeness (QED) is 0.126. The number of hydrogen-bond donors (Lipinski definition) is 0. The van der Waals surface area contributed by atoms with Crippen molar-refractivity contribution >= 4 is 0 Å². The van der Waals surface area contributed by atoms with Gasteiger partial charge in [-0.15, -0.1) is 9.80 Å². The number of halogens is 12. The number of hydrogen-bond acceptors (Lipinski definition) is 4. The van der Waals surface area contributed by atoms with Gasteiger partial charge in [-0.2, -0.15) is 52.7 Å². The molecule has 1 aliphatic carbocycles. The Hall–Kier alpha value is -2.56. The highest BCUT2D eigenvalue weighted by atomic mass is 19.4. The van der Waals surface area contributed by atoms with Crippen molar-refractivity contribution in [3.05, 3.63) is 59.7 Å². The van der Waals surface area contributed by atoms with Gasteiger partial charge in [0.15, 0.2) is 0 Å². The lowest BCUT2D eigenvalue weighted by Crippen LogP contribution is -2.54. The molecule has 262 valence electrons. The van der Waals surface area contributed by atoms with E-state index in [9.17, 15) is 52.7 Å². The number of fused-ring (bicyclic) bond motifs is 3. The van der Waals surface area contributed by atoms with Gasteiger partial charge in [0.1, 0.15) is 11.2 Å². The van der Waals surface area contributed by atoms with E-state index >= 15 is 0 Å². The number of nitrogens with zero attached hydrogens (tertiary/aromatic N) is 2. The van der Waals surface area contributed by atoms with Crippen molar-refractivity contribution in [3.63, 3.8) is 0 Å². The Balaban J connectivity index is 0.00000361. The van der Waals surface area contributed by atoms with Gasteiger partial charge >= 0.3 is 25.2 Å². The van der Waals surface area contributed by atoms with Crippen LogP contribution in [0.2, 0.25) is 0 Å². The maximum Gasteiger partial charge on any atom is 0.467 e. The normalized spacial score (nSPS) is 20.3. The van der Waals surface area contributed by atoms with Crippen molar-refractivity contribution in [1.29, 1.82) is 0 Å². The van der Waals surface area contributed by atoms with Gasteiger partial charge in [-0.1, -0.05) is 62.4 Å². The largest absolute Gasteiger partial charge is 0.467 e. The highest BCUT2D eigenvalue weighted by Gasteiger charge is 2.59.